The van der Waals surface area contributed by atoms with Crippen molar-refractivity contribution >= 4 is 68.1 Å². The maximum atomic E-state index is 12.7. The van der Waals surface area contributed by atoms with Crippen LogP contribution in [0.15, 0.2) is 101 Å². The Hall–Kier alpha value is -3.65. The number of nitrogens with zero attached hydrogens (tertiary/aromatic N) is 1. The minimum absolute atomic E-state index is 0.129. The second-order valence-corrected chi connectivity index (χ2v) is 11.0. The third-order valence-electron chi connectivity index (χ3n) is 5.68. The summed E-state index contributed by atoms with van der Waals surface area (Å²) in [5.41, 5.74) is 3.02. The van der Waals surface area contributed by atoms with Gasteiger partial charge in [-0.15, -0.1) is 23.1 Å². The Morgan fingerprint density at radius 1 is 0.892 bits per heavy atom. The molecule has 1 aromatic heterocycles. The van der Waals surface area contributed by atoms with Crippen LogP contribution in [0.25, 0.3) is 22.0 Å². The van der Waals surface area contributed by atoms with E-state index < -0.39 is 0 Å². The summed E-state index contributed by atoms with van der Waals surface area (Å²) in [6.07, 6.45) is 0. The van der Waals surface area contributed by atoms with Gasteiger partial charge >= 0.3 is 0 Å². The van der Waals surface area contributed by atoms with Gasteiger partial charge in [-0.05, 0) is 66.2 Å². The van der Waals surface area contributed by atoms with Gasteiger partial charge in [0.25, 0.3) is 5.91 Å². The van der Waals surface area contributed by atoms with Crippen molar-refractivity contribution in [1.82, 2.24) is 4.98 Å². The molecule has 5 nitrogen and oxygen atoms in total. The van der Waals surface area contributed by atoms with Crippen LogP contribution in [-0.2, 0) is 4.79 Å². The molecule has 0 aliphatic rings. The number of nitrogens with one attached hydrogen (secondary N) is 2. The number of halogens is 1. The van der Waals surface area contributed by atoms with Crippen molar-refractivity contribution in [3.63, 3.8) is 0 Å². The Bertz CT molecular complexity index is 1570. The van der Waals surface area contributed by atoms with Crippen molar-refractivity contribution in [2.24, 2.45) is 0 Å². The number of rotatable bonds is 7. The summed E-state index contributed by atoms with van der Waals surface area (Å²) in [6, 6.07) is 28.5. The summed E-state index contributed by atoms with van der Waals surface area (Å²) in [4.78, 5) is 30.9. The number of aromatic nitrogens is 1. The zero-order chi connectivity index (χ0) is 25.8. The second-order valence-electron chi connectivity index (χ2n) is 8.33. The summed E-state index contributed by atoms with van der Waals surface area (Å²) < 4.78 is 0. The average Bonchev–Trinajstić information content (AvgIpc) is 3.38. The first-order chi connectivity index (χ1) is 17.9. The molecule has 5 aromatic rings. The maximum Gasteiger partial charge on any atom is 0.255 e. The van der Waals surface area contributed by atoms with Gasteiger partial charge in [0.2, 0.25) is 5.91 Å². The highest BCUT2D eigenvalue weighted by atomic mass is 35.5. The summed E-state index contributed by atoms with van der Waals surface area (Å²) >= 11 is 8.77. The molecule has 0 saturated heterocycles. The third-order valence-corrected chi connectivity index (χ3v) is 7.80. The number of hydrogen-bond donors (Lipinski definition) is 2. The van der Waals surface area contributed by atoms with Gasteiger partial charge < -0.3 is 10.6 Å². The van der Waals surface area contributed by atoms with Crippen molar-refractivity contribution in [3.8, 4) is 11.3 Å². The van der Waals surface area contributed by atoms with Crippen LogP contribution in [0, 0.1) is 0 Å². The molecule has 0 aliphatic heterocycles. The van der Waals surface area contributed by atoms with Crippen LogP contribution in [0.5, 0.6) is 0 Å². The minimum Gasteiger partial charge on any atom is -0.322 e. The van der Waals surface area contributed by atoms with Gasteiger partial charge in [0.05, 0.1) is 10.9 Å². The molecule has 2 N–H and O–H groups in total. The van der Waals surface area contributed by atoms with Gasteiger partial charge in [-0.1, -0.05) is 54.1 Å². The lowest BCUT2D eigenvalue weighted by atomic mass is 10.1. The minimum atomic E-state index is -0.332. The predicted molar refractivity (Wildman–Crippen MR) is 155 cm³/mol. The number of carbonyl (C=O) groups excluding carboxylic acids is 2. The summed E-state index contributed by atoms with van der Waals surface area (Å²) in [7, 11) is 0. The number of thioether (sulfide) groups is 1. The van der Waals surface area contributed by atoms with E-state index in [-0.39, 0.29) is 17.1 Å². The molecule has 1 unspecified atom stereocenters. The smallest absolute Gasteiger partial charge is 0.255 e. The monoisotopic (exact) mass is 543 g/mol. The van der Waals surface area contributed by atoms with E-state index in [4.69, 9.17) is 11.6 Å². The Morgan fingerprint density at radius 2 is 1.62 bits per heavy atom. The second kappa shape index (κ2) is 11.2. The maximum absolute atomic E-state index is 12.7. The lowest BCUT2D eigenvalue weighted by Crippen LogP contribution is -2.22. The Kier molecular flexibility index (Phi) is 7.55. The van der Waals surface area contributed by atoms with Crippen LogP contribution in [0.2, 0.25) is 5.02 Å². The fourth-order valence-electron chi connectivity index (χ4n) is 3.70. The van der Waals surface area contributed by atoms with Crippen LogP contribution in [0.4, 0.5) is 10.8 Å². The van der Waals surface area contributed by atoms with Gasteiger partial charge in [0.15, 0.2) is 5.13 Å². The zero-order valence-electron chi connectivity index (χ0n) is 19.8. The van der Waals surface area contributed by atoms with E-state index in [9.17, 15) is 9.59 Å². The van der Waals surface area contributed by atoms with Crippen LogP contribution < -0.4 is 10.6 Å². The van der Waals surface area contributed by atoms with Gasteiger partial charge in [0.1, 0.15) is 0 Å². The standard InChI is InChI=1S/C29H22ClN3O2S2/c1-18(27(34)33-29-32-26(17-36-29)20-8-10-23(30)11-9-20)37-25-14-12-24(13-15-25)31-28(35)22-7-6-19-4-2-3-5-21(19)16-22/h2-18H,1H3,(H,31,35)(H,32,33,34). The molecule has 37 heavy (non-hydrogen) atoms. The Labute approximate surface area is 227 Å². The molecule has 4 aromatic carbocycles. The van der Waals surface area contributed by atoms with E-state index in [2.05, 4.69) is 15.6 Å². The van der Waals surface area contributed by atoms with Crippen molar-refractivity contribution in [3.05, 3.63) is 107 Å². The largest absolute Gasteiger partial charge is 0.322 e. The number of amides is 2. The highest BCUT2D eigenvalue weighted by molar-refractivity contribution is 8.00. The summed E-state index contributed by atoms with van der Waals surface area (Å²) in [6.45, 7) is 1.85. The Balaban J connectivity index is 1.16. The topological polar surface area (TPSA) is 71.1 Å². The van der Waals surface area contributed by atoms with Crippen molar-refractivity contribution in [1.29, 1.82) is 0 Å². The molecule has 0 spiro atoms. The van der Waals surface area contributed by atoms with E-state index in [1.807, 2.05) is 103 Å². The van der Waals surface area contributed by atoms with Gasteiger partial charge in [-0.2, -0.15) is 0 Å². The van der Waals surface area contributed by atoms with E-state index >= 15 is 0 Å². The molecule has 184 valence electrons. The third kappa shape index (κ3) is 6.20. The van der Waals surface area contributed by atoms with E-state index in [0.717, 1.165) is 26.9 Å². The number of hydrogen-bond acceptors (Lipinski definition) is 5. The molecule has 1 atom stereocenters. The first kappa shape index (κ1) is 25.0. The quantitative estimate of drug-likeness (QED) is 0.204. The summed E-state index contributed by atoms with van der Waals surface area (Å²) in [5.74, 6) is -0.295. The average molecular weight is 544 g/mol. The number of carbonyl (C=O) groups is 2. The highest BCUT2D eigenvalue weighted by Gasteiger charge is 2.17. The number of fused-ring (bicyclic) bond motifs is 1. The van der Waals surface area contributed by atoms with Crippen LogP contribution in [-0.4, -0.2) is 22.0 Å². The highest BCUT2D eigenvalue weighted by Crippen LogP contribution is 2.29. The van der Waals surface area contributed by atoms with Crippen LogP contribution >= 0.6 is 34.7 Å². The molecule has 5 rings (SSSR count). The van der Waals surface area contributed by atoms with E-state index in [1.165, 1.54) is 23.1 Å². The molecule has 0 fully saturated rings. The van der Waals surface area contributed by atoms with Crippen molar-refractivity contribution in [2.75, 3.05) is 10.6 Å². The first-order valence-electron chi connectivity index (χ1n) is 11.5. The molecular formula is C29H22ClN3O2S2. The van der Waals surface area contributed by atoms with Crippen LogP contribution in [0.1, 0.15) is 17.3 Å². The fourth-order valence-corrected chi connectivity index (χ4v) is 5.42. The van der Waals surface area contributed by atoms with E-state index in [0.29, 0.717) is 21.4 Å². The molecule has 1 heterocycles. The van der Waals surface area contributed by atoms with Gasteiger partial charge in [-0.25, -0.2) is 4.98 Å². The molecule has 8 heteroatoms. The molecule has 2 amide bonds. The fraction of sp³-hybridized carbons (Fsp3) is 0.0690. The van der Waals surface area contributed by atoms with Crippen molar-refractivity contribution in [2.45, 2.75) is 17.1 Å². The molecule has 0 aliphatic carbocycles. The van der Waals surface area contributed by atoms with Crippen LogP contribution in [0.3, 0.4) is 0 Å². The molecule has 0 radical (unpaired) electrons. The first-order valence-corrected chi connectivity index (χ1v) is 13.7. The number of anilines is 2. The Morgan fingerprint density at radius 3 is 2.38 bits per heavy atom. The van der Waals surface area contributed by atoms with E-state index in [1.54, 1.807) is 0 Å². The number of benzene rings is 4. The lowest BCUT2D eigenvalue weighted by molar-refractivity contribution is -0.115. The van der Waals surface area contributed by atoms with Gasteiger partial charge in [0, 0.05) is 32.1 Å². The SMILES string of the molecule is CC(Sc1ccc(NC(=O)c2ccc3ccccc3c2)cc1)C(=O)Nc1nc(-c2ccc(Cl)cc2)cs1. The van der Waals surface area contributed by atoms with Gasteiger partial charge in [-0.3, -0.25) is 9.59 Å². The zero-order valence-corrected chi connectivity index (χ0v) is 22.2. The number of thiazole rings is 1. The molecule has 0 saturated carbocycles. The summed E-state index contributed by atoms with van der Waals surface area (Å²) in [5, 5.41) is 10.7. The normalized spacial score (nSPS) is 11.7. The van der Waals surface area contributed by atoms with Crippen molar-refractivity contribution < 1.29 is 9.59 Å². The molecular weight excluding hydrogens is 522 g/mol. The predicted octanol–water partition coefficient (Wildman–Crippen LogP) is 7.99. The molecule has 0 bridgehead atoms. The lowest BCUT2D eigenvalue weighted by Gasteiger charge is -2.11.